The minimum Gasteiger partial charge on any atom is -0.714 e. The Balaban J connectivity index is 0.00000676. The van der Waals surface area contributed by atoms with Gasteiger partial charge >= 0.3 is 51.4 Å². The fraction of sp³-hybridized carbons (Fsp3) is 0.909. The van der Waals surface area contributed by atoms with Gasteiger partial charge in [-0.25, -0.2) is 8.42 Å². The average molecular weight is 478 g/mol. The summed E-state index contributed by atoms with van der Waals surface area (Å²) in [6, 6.07) is 0. The van der Waals surface area contributed by atoms with Gasteiger partial charge in [-0.3, -0.25) is 4.28 Å². The molecule has 1 fully saturated rings. The normalized spacial score (nSPS) is 29.9. The van der Waals surface area contributed by atoms with Crippen LogP contribution in [0.3, 0.4) is 0 Å². The second-order valence-electron chi connectivity index (χ2n) is 5.52. The van der Waals surface area contributed by atoms with E-state index in [-0.39, 0.29) is 75.0 Å². The fourth-order valence-corrected chi connectivity index (χ4v) is 4.00. The Kier molecular flexibility index (Phi) is 12.6. The average Bonchev–Trinajstić information content (AvgIpc) is 2.50. The van der Waals surface area contributed by atoms with Gasteiger partial charge in [-0.1, -0.05) is 16.9 Å². The van der Waals surface area contributed by atoms with E-state index < -0.39 is 56.7 Å². The quantitative estimate of drug-likeness (QED) is 0.0644. The summed E-state index contributed by atoms with van der Waals surface area (Å²) in [4.78, 5) is 0. The molecule has 154 valence electrons. The first kappa shape index (κ1) is 28.1. The number of nitrogens with zero attached hydrogens (tertiary/aromatic N) is 1. The van der Waals surface area contributed by atoms with E-state index in [4.69, 9.17) is 9.84 Å². The third-order valence-corrected chi connectivity index (χ3v) is 5.70. The van der Waals surface area contributed by atoms with Crippen molar-refractivity contribution in [2.75, 3.05) is 18.6 Å². The Labute approximate surface area is 203 Å². The van der Waals surface area contributed by atoms with Gasteiger partial charge < -0.3 is 29.7 Å². The molecule has 1 saturated heterocycles. The summed E-state index contributed by atoms with van der Waals surface area (Å²) in [6.07, 6.45) is -5.23. The van der Waals surface area contributed by atoms with Crippen LogP contribution in [0.1, 0.15) is 12.8 Å². The Morgan fingerprint density at radius 1 is 1.19 bits per heavy atom. The minimum absolute atomic E-state index is 0. The second kappa shape index (κ2) is 12.1. The molecule has 0 radical (unpaired) electrons. The van der Waals surface area contributed by atoms with E-state index in [2.05, 4.69) is 9.44 Å². The van der Waals surface area contributed by atoms with Crippen LogP contribution in [-0.2, 0) is 29.3 Å². The molecule has 1 aliphatic rings. The number of aliphatic hydroxyl groups excluding tert-OH is 4. The molecule has 0 aromatic rings. The molecule has 16 heteroatoms. The van der Waals surface area contributed by atoms with E-state index in [1.807, 2.05) is 0 Å². The number of sulfone groups is 1. The topological polar surface area (TPSA) is 203 Å². The van der Waals surface area contributed by atoms with Crippen LogP contribution in [0.2, 0.25) is 0 Å². The van der Waals surface area contributed by atoms with Gasteiger partial charge in [-0.05, 0) is 6.42 Å². The first-order chi connectivity index (χ1) is 11.8. The smallest absolute Gasteiger partial charge is 0.714 e. The second-order valence-corrected chi connectivity index (χ2v) is 9.91. The molecule has 4 N–H and O–H groups in total. The summed E-state index contributed by atoms with van der Waals surface area (Å²) in [5, 5.41) is 41.4. The van der Waals surface area contributed by atoms with Gasteiger partial charge in [-0.2, -0.15) is 8.42 Å². The van der Waals surface area contributed by atoms with Crippen molar-refractivity contribution in [1.82, 2.24) is 0 Å². The van der Waals surface area contributed by atoms with Crippen molar-refractivity contribution < 1.29 is 102 Å². The molecule has 0 saturated carbocycles. The molecule has 12 nitrogen and oxygen atoms in total. The zero-order valence-corrected chi connectivity index (χ0v) is 20.1. The maximum atomic E-state index is 11.2. The number of aliphatic hydroxyl groups is 4. The van der Waals surface area contributed by atoms with Crippen LogP contribution in [0.25, 0.3) is 0 Å². The maximum absolute atomic E-state index is 11.2. The first-order valence-corrected chi connectivity index (χ1v) is 11.5. The van der Waals surface area contributed by atoms with E-state index in [9.17, 15) is 36.7 Å². The number of hydrogen-bond acceptors (Lipinski definition) is 13. The van der Waals surface area contributed by atoms with Crippen molar-refractivity contribution in [2.45, 2.75) is 42.7 Å². The molecular formula is C11H20KNO11S3. The number of rotatable bonds is 8. The molecule has 0 aliphatic carbocycles. The maximum Gasteiger partial charge on any atom is 1.00 e. The van der Waals surface area contributed by atoms with Crippen molar-refractivity contribution in [3.05, 3.63) is 0 Å². The Morgan fingerprint density at radius 2 is 1.78 bits per heavy atom. The number of ether oxygens (including phenoxy) is 1. The Morgan fingerprint density at radius 3 is 2.26 bits per heavy atom. The van der Waals surface area contributed by atoms with Gasteiger partial charge in [0.25, 0.3) is 10.4 Å². The Hall–Kier alpha value is 1.12. The molecule has 1 rings (SSSR count). The number of oxime groups is 1. The summed E-state index contributed by atoms with van der Waals surface area (Å²) in [7, 11) is -8.47. The summed E-state index contributed by atoms with van der Waals surface area (Å²) < 4.78 is 62.9. The third kappa shape index (κ3) is 10.6. The fourth-order valence-electron chi connectivity index (χ4n) is 2.00. The van der Waals surface area contributed by atoms with Crippen molar-refractivity contribution in [2.24, 2.45) is 5.16 Å². The van der Waals surface area contributed by atoms with Gasteiger partial charge in [0.1, 0.15) is 44.7 Å². The predicted octanol–water partition coefficient (Wildman–Crippen LogP) is -5.86. The molecule has 1 heterocycles. The molecule has 0 aromatic heterocycles. The van der Waals surface area contributed by atoms with Crippen LogP contribution < -0.4 is 51.4 Å². The van der Waals surface area contributed by atoms with Crippen molar-refractivity contribution in [1.29, 1.82) is 0 Å². The molecular weight excluding hydrogens is 457 g/mol. The van der Waals surface area contributed by atoms with Gasteiger partial charge in [0, 0.05) is 12.7 Å². The number of thioether (sulfide) groups is 1. The van der Waals surface area contributed by atoms with Crippen molar-refractivity contribution >= 4 is 37.0 Å². The molecule has 0 amide bonds. The summed E-state index contributed by atoms with van der Waals surface area (Å²) >= 11 is 0.562. The van der Waals surface area contributed by atoms with E-state index in [0.29, 0.717) is 11.8 Å². The largest absolute Gasteiger partial charge is 1.00 e. The van der Waals surface area contributed by atoms with Crippen LogP contribution >= 0.6 is 11.8 Å². The third-order valence-electron chi connectivity index (χ3n) is 3.24. The minimum atomic E-state index is -5.16. The predicted molar refractivity (Wildman–Crippen MR) is 88.5 cm³/mol. The molecule has 0 unspecified atom stereocenters. The van der Waals surface area contributed by atoms with Crippen molar-refractivity contribution in [3.63, 3.8) is 0 Å². The zero-order valence-electron chi connectivity index (χ0n) is 14.5. The summed E-state index contributed by atoms with van der Waals surface area (Å²) in [5.41, 5.74) is -1.29. The zero-order chi connectivity index (χ0) is 20.1. The standard InChI is InChI=1S/C11H21NO11S3.K/c1-25(17,18)4-2-3-7(12-23-26(19,20)21)24-11-10(16)9(15)8(14)6(5-13)22-11;/h6,8-11,13-16H,2-5H2,1H3,(H,19,20,21);/q;+1/p-1/b12-7-;/t6-,8-,9+,10-,11+;/m1./s1. The first-order valence-electron chi connectivity index (χ1n) is 7.20. The molecule has 0 bridgehead atoms. The molecule has 1 aliphatic heterocycles. The summed E-state index contributed by atoms with van der Waals surface area (Å²) in [5.74, 6) is -0.259. The Bertz CT molecular complexity index is 696. The summed E-state index contributed by atoms with van der Waals surface area (Å²) in [6.45, 7) is -0.673. The van der Waals surface area contributed by atoms with E-state index in [0.717, 1.165) is 6.26 Å². The molecule has 5 atom stereocenters. The van der Waals surface area contributed by atoms with E-state index in [1.165, 1.54) is 0 Å². The van der Waals surface area contributed by atoms with Crippen LogP contribution in [0.15, 0.2) is 5.16 Å². The van der Waals surface area contributed by atoms with Crippen LogP contribution in [0.4, 0.5) is 0 Å². The molecule has 27 heavy (non-hydrogen) atoms. The number of hydrogen-bond donors (Lipinski definition) is 4. The molecule has 0 spiro atoms. The van der Waals surface area contributed by atoms with Crippen molar-refractivity contribution in [3.8, 4) is 0 Å². The van der Waals surface area contributed by atoms with E-state index in [1.54, 1.807) is 0 Å². The van der Waals surface area contributed by atoms with Crippen LogP contribution in [-0.4, -0.2) is 95.3 Å². The van der Waals surface area contributed by atoms with Gasteiger partial charge in [-0.15, -0.1) is 0 Å². The monoisotopic (exact) mass is 477 g/mol. The van der Waals surface area contributed by atoms with Gasteiger partial charge in [0.2, 0.25) is 0 Å². The van der Waals surface area contributed by atoms with Crippen LogP contribution in [0.5, 0.6) is 0 Å². The molecule has 0 aromatic carbocycles. The van der Waals surface area contributed by atoms with Gasteiger partial charge in [0.05, 0.1) is 12.4 Å². The SMILES string of the molecule is CS(=O)(=O)CCC/C(=N/OS(=O)(=O)[O-])S[C@@H]1O[C@H](CO)[C@@H](O)[C@H](O)[C@H]1O.[K+]. The van der Waals surface area contributed by atoms with Crippen LogP contribution in [0, 0.1) is 0 Å². The van der Waals surface area contributed by atoms with E-state index >= 15 is 0 Å². The van der Waals surface area contributed by atoms with Gasteiger partial charge in [0.15, 0.2) is 0 Å².